The molecule has 0 fully saturated rings. The van der Waals surface area contributed by atoms with Crippen LogP contribution in [0.3, 0.4) is 0 Å². The summed E-state index contributed by atoms with van der Waals surface area (Å²) in [4.78, 5) is 17.2. The molecule has 1 N–H and O–H groups in total. The van der Waals surface area contributed by atoms with E-state index in [9.17, 15) is 4.79 Å². The van der Waals surface area contributed by atoms with Crippen LogP contribution in [0.4, 0.5) is 0 Å². The quantitative estimate of drug-likeness (QED) is 0.931. The normalized spacial score (nSPS) is 18.0. The monoisotopic (exact) mass is 338 g/mol. The maximum atomic E-state index is 12.6. The number of amides is 1. The number of nitrogens with one attached hydrogen (secondary N) is 1. The van der Waals surface area contributed by atoms with Gasteiger partial charge in [0.05, 0.1) is 13.7 Å². The van der Waals surface area contributed by atoms with Crippen molar-refractivity contribution in [2.24, 2.45) is 5.92 Å². The molecule has 0 radical (unpaired) electrons. The van der Waals surface area contributed by atoms with E-state index in [1.807, 2.05) is 24.3 Å². The number of para-hydroxylation sites is 1. The number of carbonyl (C=O) groups excluding carboxylic acids is 1. The fourth-order valence-electron chi connectivity index (χ4n) is 3.63. The average Bonchev–Trinajstić information content (AvgIpc) is 3.12. The van der Waals surface area contributed by atoms with Crippen LogP contribution in [-0.4, -0.2) is 31.2 Å². The second-order valence-electron chi connectivity index (χ2n) is 6.70. The average molecular weight is 338 g/mol. The molecule has 1 aromatic heterocycles. The van der Waals surface area contributed by atoms with Gasteiger partial charge in [-0.2, -0.15) is 0 Å². The van der Waals surface area contributed by atoms with Crippen molar-refractivity contribution in [3.05, 3.63) is 52.7 Å². The summed E-state index contributed by atoms with van der Waals surface area (Å²) in [6.07, 6.45) is 3.96. The van der Waals surface area contributed by atoms with Gasteiger partial charge >= 0.3 is 0 Å². The molecule has 1 atom stereocenters. The van der Waals surface area contributed by atoms with Crippen molar-refractivity contribution < 1.29 is 14.3 Å². The summed E-state index contributed by atoms with van der Waals surface area (Å²) in [6.45, 7) is 1.20. The summed E-state index contributed by atoms with van der Waals surface area (Å²) < 4.78 is 11.1. The van der Waals surface area contributed by atoms with E-state index in [1.54, 1.807) is 7.11 Å². The molecule has 5 heteroatoms. The van der Waals surface area contributed by atoms with Crippen molar-refractivity contribution in [1.82, 2.24) is 10.3 Å². The highest BCUT2D eigenvalue weighted by Crippen LogP contribution is 2.28. The van der Waals surface area contributed by atoms with Crippen LogP contribution in [0.25, 0.3) is 0 Å². The number of aromatic nitrogens is 1. The number of aryl methyl sites for hydroxylation is 2. The minimum Gasteiger partial charge on any atom is -0.493 e. The Labute approximate surface area is 147 Å². The third-order valence-corrected chi connectivity index (χ3v) is 4.96. The molecule has 0 saturated heterocycles. The summed E-state index contributed by atoms with van der Waals surface area (Å²) in [6, 6.07) is 10.0. The molecule has 4 rings (SSSR count). The Morgan fingerprint density at radius 1 is 1.32 bits per heavy atom. The standard InChI is InChI=1S/C20H22N2O3/c1-24-20-16(10-14-6-4-7-17(14)22-20)19(23)21-11-13-9-15-5-2-3-8-18(15)25-12-13/h2-3,5,8,10,13H,4,6-7,9,11-12H2,1H3,(H,21,23)/t13-/m0/s1. The molecule has 25 heavy (non-hydrogen) atoms. The summed E-state index contributed by atoms with van der Waals surface area (Å²) in [5.74, 6) is 1.52. The zero-order valence-corrected chi connectivity index (χ0v) is 14.4. The Morgan fingerprint density at radius 3 is 3.08 bits per heavy atom. The van der Waals surface area contributed by atoms with Gasteiger partial charge in [0.15, 0.2) is 0 Å². The number of hydrogen-bond donors (Lipinski definition) is 1. The minimum atomic E-state index is -0.127. The molecule has 1 aliphatic carbocycles. The number of nitrogens with zero attached hydrogens (tertiary/aromatic N) is 1. The Morgan fingerprint density at radius 2 is 2.20 bits per heavy atom. The van der Waals surface area contributed by atoms with Crippen molar-refractivity contribution in [2.75, 3.05) is 20.3 Å². The Bertz CT molecular complexity index is 804. The van der Waals surface area contributed by atoms with Gasteiger partial charge in [-0.25, -0.2) is 4.98 Å². The van der Waals surface area contributed by atoms with Crippen LogP contribution in [0, 0.1) is 5.92 Å². The smallest absolute Gasteiger partial charge is 0.256 e. The highest BCUT2D eigenvalue weighted by atomic mass is 16.5. The number of methoxy groups -OCH3 is 1. The second kappa shape index (κ2) is 6.75. The molecule has 5 nitrogen and oxygen atoms in total. The summed E-state index contributed by atoms with van der Waals surface area (Å²) in [5.41, 5.74) is 3.96. The zero-order chi connectivity index (χ0) is 17.2. The Balaban J connectivity index is 1.43. The lowest BCUT2D eigenvalue weighted by Crippen LogP contribution is -2.35. The Hall–Kier alpha value is -2.56. The highest BCUT2D eigenvalue weighted by Gasteiger charge is 2.23. The third kappa shape index (κ3) is 3.18. The molecule has 1 aromatic carbocycles. The number of rotatable bonds is 4. The molecule has 1 aliphatic heterocycles. The molecule has 2 aliphatic rings. The molecular weight excluding hydrogens is 316 g/mol. The summed E-state index contributed by atoms with van der Waals surface area (Å²) in [7, 11) is 1.56. The number of carbonyl (C=O) groups is 1. The van der Waals surface area contributed by atoms with Gasteiger partial charge in [0, 0.05) is 18.2 Å². The van der Waals surface area contributed by atoms with Gasteiger partial charge in [0.25, 0.3) is 5.91 Å². The lowest BCUT2D eigenvalue weighted by molar-refractivity contribution is 0.0935. The van der Waals surface area contributed by atoms with E-state index in [1.165, 1.54) is 11.1 Å². The van der Waals surface area contributed by atoms with Gasteiger partial charge in [-0.3, -0.25) is 4.79 Å². The molecule has 0 saturated carbocycles. The van der Waals surface area contributed by atoms with Gasteiger partial charge in [0.1, 0.15) is 11.3 Å². The third-order valence-electron chi connectivity index (χ3n) is 4.96. The van der Waals surface area contributed by atoms with Crippen molar-refractivity contribution >= 4 is 5.91 Å². The van der Waals surface area contributed by atoms with Gasteiger partial charge in [0.2, 0.25) is 5.88 Å². The first-order valence-electron chi connectivity index (χ1n) is 8.80. The number of ether oxygens (including phenoxy) is 2. The molecule has 1 amide bonds. The largest absolute Gasteiger partial charge is 0.493 e. The van der Waals surface area contributed by atoms with Crippen molar-refractivity contribution in [3.63, 3.8) is 0 Å². The number of hydrogen-bond acceptors (Lipinski definition) is 4. The van der Waals surface area contributed by atoms with Crippen molar-refractivity contribution in [2.45, 2.75) is 25.7 Å². The maximum Gasteiger partial charge on any atom is 0.256 e. The van der Waals surface area contributed by atoms with Crippen LogP contribution in [0.2, 0.25) is 0 Å². The first kappa shape index (κ1) is 15.9. The molecule has 2 heterocycles. The topological polar surface area (TPSA) is 60.5 Å². The molecular formula is C20H22N2O3. The van der Waals surface area contributed by atoms with E-state index in [-0.39, 0.29) is 11.8 Å². The molecule has 130 valence electrons. The van der Waals surface area contributed by atoms with E-state index in [0.717, 1.165) is 37.1 Å². The first-order chi connectivity index (χ1) is 12.2. The molecule has 0 bridgehead atoms. The van der Waals surface area contributed by atoms with E-state index in [4.69, 9.17) is 9.47 Å². The summed E-state index contributed by atoms with van der Waals surface area (Å²) in [5, 5.41) is 3.03. The Kier molecular flexibility index (Phi) is 4.30. The summed E-state index contributed by atoms with van der Waals surface area (Å²) >= 11 is 0. The number of benzene rings is 1. The molecule has 2 aromatic rings. The predicted octanol–water partition coefficient (Wildman–Crippen LogP) is 2.56. The van der Waals surface area contributed by atoms with Gasteiger partial charge in [-0.15, -0.1) is 0 Å². The van der Waals surface area contributed by atoms with Crippen LogP contribution < -0.4 is 14.8 Å². The lowest BCUT2D eigenvalue weighted by atomic mass is 9.96. The van der Waals surface area contributed by atoms with E-state index < -0.39 is 0 Å². The van der Waals surface area contributed by atoms with E-state index >= 15 is 0 Å². The van der Waals surface area contributed by atoms with Crippen molar-refractivity contribution in [3.8, 4) is 11.6 Å². The zero-order valence-electron chi connectivity index (χ0n) is 14.4. The fourth-order valence-corrected chi connectivity index (χ4v) is 3.63. The van der Waals surface area contributed by atoms with E-state index in [0.29, 0.717) is 24.6 Å². The van der Waals surface area contributed by atoms with Crippen LogP contribution in [0.5, 0.6) is 11.6 Å². The molecule has 0 unspecified atom stereocenters. The van der Waals surface area contributed by atoms with Crippen LogP contribution in [0.15, 0.2) is 30.3 Å². The fraction of sp³-hybridized carbons (Fsp3) is 0.400. The van der Waals surface area contributed by atoms with E-state index in [2.05, 4.69) is 16.4 Å². The predicted molar refractivity (Wildman–Crippen MR) is 94.3 cm³/mol. The van der Waals surface area contributed by atoms with Crippen LogP contribution >= 0.6 is 0 Å². The number of pyridine rings is 1. The van der Waals surface area contributed by atoms with Gasteiger partial charge in [-0.1, -0.05) is 18.2 Å². The molecule has 0 spiro atoms. The number of fused-ring (bicyclic) bond motifs is 2. The van der Waals surface area contributed by atoms with Crippen LogP contribution in [-0.2, 0) is 19.3 Å². The SMILES string of the molecule is COc1nc2c(cc1C(=O)NC[C@H]1COc3ccccc3C1)CCC2. The van der Waals surface area contributed by atoms with Crippen molar-refractivity contribution in [1.29, 1.82) is 0 Å². The highest BCUT2D eigenvalue weighted by molar-refractivity contribution is 5.96. The van der Waals surface area contributed by atoms with Gasteiger partial charge in [-0.05, 0) is 48.9 Å². The van der Waals surface area contributed by atoms with Gasteiger partial charge < -0.3 is 14.8 Å². The minimum absolute atomic E-state index is 0.127. The second-order valence-corrected chi connectivity index (χ2v) is 6.70. The first-order valence-corrected chi connectivity index (χ1v) is 8.80. The van der Waals surface area contributed by atoms with Crippen LogP contribution in [0.1, 0.15) is 33.6 Å². The lowest BCUT2D eigenvalue weighted by Gasteiger charge is -2.25. The maximum absolute atomic E-state index is 12.6.